The van der Waals surface area contributed by atoms with Gasteiger partial charge in [0.25, 0.3) is 10.0 Å². The smallest absolute Gasteiger partial charge is 0.273 e. The van der Waals surface area contributed by atoms with Gasteiger partial charge in [-0.3, -0.25) is 4.79 Å². The first kappa shape index (κ1) is 15.9. The number of aliphatic hydroxyl groups is 1. The fraction of sp³-hybridized carbons (Fsp3) is 0.583. The van der Waals surface area contributed by atoms with Gasteiger partial charge in [-0.2, -0.15) is 0 Å². The van der Waals surface area contributed by atoms with Crippen LogP contribution in [0.15, 0.2) is 21.6 Å². The van der Waals surface area contributed by atoms with Crippen molar-refractivity contribution < 1.29 is 22.7 Å². The van der Waals surface area contributed by atoms with Gasteiger partial charge in [0.05, 0.1) is 0 Å². The Morgan fingerprint density at radius 3 is 2.42 bits per heavy atom. The van der Waals surface area contributed by atoms with Crippen LogP contribution in [0, 0.1) is 5.41 Å². The number of aliphatic hydroxyl groups excluding tert-OH is 1. The molecule has 2 N–H and O–H groups in total. The Kier molecular flexibility index (Phi) is 5.28. The number of hydrogen-bond donors (Lipinski definition) is 2. The van der Waals surface area contributed by atoms with Gasteiger partial charge in [0, 0.05) is 18.6 Å². The Labute approximate surface area is 112 Å². The zero-order valence-corrected chi connectivity index (χ0v) is 11.9. The number of furan rings is 1. The summed E-state index contributed by atoms with van der Waals surface area (Å²) in [5, 5.41) is 9.08. The van der Waals surface area contributed by atoms with Crippen molar-refractivity contribution in [2.45, 2.75) is 31.8 Å². The van der Waals surface area contributed by atoms with E-state index in [4.69, 9.17) is 4.42 Å². The molecule has 0 aliphatic rings. The average molecular weight is 289 g/mol. The molecule has 0 spiro atoms. The molecule has 0 radical (unpaired) electrons. The van der Waals surface area contributed by atoms with E-state index in [2.05, 4.69) is 4.72 Å². The largest absolute Gasteiger partial charge is 0.440 e. The summed E-state index contributed by atoms with van der Waals surface area (Å²) in [4.78, 5) is 10.5. The monoisotopic (exact) mass is 289 g/mol. The third-order valence-electron chi connectivity index (χ3n) is 3.46. The second-order valence-electron chi connectivity index (χ2n) is 4.46. The second-order valence-corrected chi connectivity index (χ2v) is 6.16. The summed E-state index contributed by atoms with van der Waals surface area (Å²) in [6.45, 7) is 3.81. The number of carbonyl (C=O) groups is 1. The molecule has 0 saturated heterocycles. The van der Waals surface area contributed by atoms with Crippen molar-refractivity contribution in [1.29, 1.82) is 0 Å². The molecule has 19 heavy (non-hydrogen) atoms. The molecular formula is C12H19NO5S. The van der Waals surface area contributed by atoms with Crippen LogP contribution in [0.3, 0.4) is 0 Å². The topological polar surface area (TPSA) is 96.6 Å². The highest BCUT2D eigenvalue weighted by atomic mass is 32.2. The molecule has 0 saturated carbocycles. The maximum atomic E-state index is 12.0. The molecule has 0 atom stereocenters. The normalized spacial score (nSPS) is 12.6. The zero-order chi connectivity index (χ0) is 14.5. The lowest BCUT2D eigenvalue weighted by molar-refractivity contribution is 0.109. The molecule has 0 amide bonds. The number of hydrogen-bond acceptors (Lipinski definition) is 5. The molecule has 108 valence electrons. The van der Waals surface area contributed by atoms with Gasteiger partial charge in [-0.15, -0.1) is 0 Å². The minimum absolute atomic E-state index is 0.0419. The van der Waals surface area contributed by atoms with Gasteiger partial charge in [0.2, 0.25) is 5.09 Å². The van der Waals surface area contributed by atoms with E-state index in [-0.39, 0.29) is 24.0 Å². The van der Waals surface area contributed by atoms with E-state index in [1.54, 1.807) is 0 Å². The quantitative estimate of drug-likeness (QED) is 0.700. The summed E-state index contributed by atoms with van der Waals surface area (Å²) in [6, 6.07) is 2.52. The summed E-state index contributed by atoms with van der Waals surface area (Å²) >= 11 is 0. The van der Waals surface area contributed by atoms with Crippen LogP contribution in [-0.2, 0) is 10.0 Å². The number of carbonyl (C=O) groups excluding carboxylic acids is 1. The van der Waals surface area contributed by atoms with Crippen LogP contribution in [0.1, 0.15) is 37.2 Å². The van der Waals surface area contributed by atoms with Crippen molar-refractivity contribution in [2.24, 2.45) is 5.41 Å². The van der Waals surface area contributed by atoms with Crippen molar-refractivity contribution in [1.82, 2.24) is 4.72 Å². The molecule has 1 heterocycles. The molecule has 0 aliphatic heterocycles. The van der Waals surface area contributed by atoms with Gasteiger partial charge in [-0.05, 0) is 25.0 Å². The Morgan fingerprint density at radius 2 is 2.00 bits per heavy atom. The fourth-order valence-corrected chi connectivity index (χ4v) is 2.73. The fourth-order valence-electron chi connectivity index (χ4n) is 1.64. The average Bonchev–Trinajstić information content (AvgIpc) is 2.90. The van der Waals surface area contributed by atoms with Crippen molar-refractivity contribution >= 4 is 16.3 Å². The van der Waals surface area contributed by atoms with Gasteiger partial charge < -0.3 is 9.52 Å². The molecule has 6 nitrogen and oxygen atoms in total. The first-order chi connectivity index (χ1) is 8.93. The Morgan fingerprint density at radius 1 is 1.37 bits per heavy atom. The second kappa shape index (κ2) is 6.31. The first-order valence-electron chi connectivity index (χ1n) is 6.08. The van der Waals surface area contributed by atoms with E-state index in [0.29, 0.717) is 19.1 Å². The van der Waals surface area contributed by atoms with Crippen molar-refractivity contribution in [3.05, 3.63) is 17.9 Å². The Hall–Kier alpha value is -1.18. The van der Waals surface area contributed by atoms with Gasteiger partial charge in [0.15, 0.2) is 12.0 Å². The molecule has 0 aromatic carbocycles. The molecule has 7 heteroatoms. The van der Waals surface area contributed by atoms with E-state index in [0.717, 1.165) is 0 Å². The summed E-state index contributed by atoms with van der Waals surface area (Å²) in [5.74, 6) is -0.0419. The summed E-state index contributed by atoms with van der Waals surface area (Å²) in [5.41, 5.74) is -0.479. The Bertz CT molecular complexity index is 508. The molecular weight excluding hydrogens is 270 g/mol. The summed E-state index contributed by atoms with van der Waals surface area (Å²) in [6.07, 6.45) is 1.75. The molecule has 0 aliphatic carbocycles. The Balaban J connectivity index is 2.83. The van der Waals surface area contributed by atoms with E-state index in [9.17, 15) is 18.3 Å². The maximum absolute atomic E-state index is 12.0. The van der Waals surface area contributed by atoms with Crippen LogP contribution in [0.25, 0.3) is 0 Å². The lowest BCUT2D eigenvalue weighted by Gasteiger charge is -2.29. The molecule has 0 bridgehead atoms. The molecule has 0 unspecified atom stereocenters. The van der Waals surface area contributed by atoms with E-state index in [1.807, 2.05) is 13.8 Å². The number of rotatable bonds is 8. The van der Waals surface area contributed by atoms with E-state index < -0.39 is 15.4 Å². The summed E-state index contributed by atoms with van der Waals surface area (Å²) < 4.78 is 31.2. The summed E-state index contributed by atoms with van der Waals surface area (Å²) in [7, 11) is -3.80. The molecule has 1 aromatic heterocycles. The zero-order valence-electron chi connectivity index (χ0n) is 11.0. The minimum atomic E-state index is -3.80. The van der Waals surface area contributed by atoms with Crippen molar-refractivity contribution in [3.63, 3.8) is 0 Å². The van der Waals surface area contributed by atoms with Crippen LogP contribution in [0.2, 0.25) is 0 Å². The predicted molar refractivity (Wildman–Crippen MR) is 69.4 cm³/mol. The molecule has 1 rings (SSSR count). The van der Waals surface area contributed by atoms with Crippen LogP contribution in [-0.4, -0.2) is 33.0 Å². The van der Waals surface area contributed by atoms with Crippen molar-refractivity contribution in [2.75, 3.05) is 13.2 Å². The van der Waals surface area contributed by atoms with Crippen LogP contribution >= 0.6 is 0 Å². The number of nitrogens with one attached hydrogen (secondary N) is 1. The lowest BCUT2D eigenvalue weighted by atomic mass is 9.84. The van der Waals surface area contributed by atoms with Crippen LogP contribution < -0.4 is 4.72 Å². The van der Waals surface area contributed by atoms with Crippen molar-refractivity contribution in [3.8, 4) is 0 Å². The minimum Gasteiger partial charge on any atom is -0.440 e. The maximum Gasteiger partial charge on any atom is 0.273 e. The SMILES string of the molecule is CCC(CC)(CO)CNS(=O)(=O)c1ccc(C=O)o1. The first-order valence-corrected chi connectivity index (χ1v) is 7.57. The highest BCUT2D eigenvalue weighted by Crippen LogP contribution is 2.25. The number of sulfonamides is 1. The van der Waals surface area contributed by atoms with Gasteiger partial charge in [0.1, 0.15) is 0 Å². The van der Waals surface area contributed by atoms with Crippen LogP contribution in [0.4, 0.5) is 0 Å². The number of aldehydes is 1. The highest BCUT2D eigenvalue weighted by molar-refractivity contribution is 7.89. The van der Waals surface area contributed by atoms with Crippen LogP contribution in [0.5, 0.6) is 0 Å². The third kappa shape index (κ3) is 3.65. The van der Waals surface area contributed by atoms with E-state index >= 15 is 0 Å². The van der Waals surface area contributed by atoms with E-state index in [1.165, 1.54) is 12.1 Å². The van der Waals surface area contributed by atoms with Gasteiger partial charge >= 0.3 is 0 Å². The van der Waals surface area contributed by atoms with Gasteiger partial charge in [-0.25, -0.2) is 13.1 Å². The highest BCUT2D eigenvalue weighted by Gasteiger charge is 2.28. The predicted octanol–water partition coefficient (Wildman–Crippen LogP) is 1.17. The molecule has 0 fully saturated rings. The lowest BCUT2D eigenvalue weighted by Crippen LogP contribution is -2.39. The van der Waals surface area contributed by atoms with Gasteiger partial charge in [-0.1, -0.05) is 13.8 Å². The molecule has 1 aromatic rings. The standard InChI is InChI=1S/C12H19NO5S/c1-3-12(4-2,9-15)8-13-19(16,17)11-6-5-10(7-14)18-11/h5-7,13,15H,3-4,8-9H2,1-2H3. The third-order valence-corrected chi connectivity index (χ3v) is 4.73.